The topological polar surface area (TPSA) is 46.9 Å². The van der Waals surface area contributed by atoms with Gasteiger partial charge in [0.2, 0.25) is 0 Å². The van der Waals surface area contributed by atoms with Crippen molar-refractivity contribution in [1.29, 1.82) is 0 Å². The van der Waals surface area contributed by atoms with Gasteiger partial charge in [-0.1, -0.05) is 23.2 Å². The zero-order valence-electron chi connectivity index (χ0n) is 12.2. The van der Waals surface area contributed by atoms with E-state index in [-0.39, 0.29) is 5.91 Å². The van der Waals surface area contributed by atoms with Crippen LogP contribution >= 0.6 is 23.2 Å². The number of nitrogens with zero attached hydrogens (tertiary/aromatic N) is 2. The molecule has 1 N–H and O–H groups in total. The van der Waals surface area contributed by atoms with Gasteiger partial charge in [0.05, 0.1) is 16.3 Å². The summed E-state index contributed by atoms with van der Waals surface area (Å²) in [6.07, 6.45) is 0.739. The van der Waals surface area contributed by atoms with Crippen molar-refractivity contribution in [2.24, 2.45) is 7.05 Å². The monoisotopic (exact) mass is 325 g/mol. The quantitative estimate of drug-likeness (QED) is 0.937. The highest BCUT2D eigenvalue weighted by Gasteiger charge is 2.12. The van der Waals surface area contributed by atoms with Gasteiger partial charge in [-0.3, -0.25) is 9.48 Å². The zero-order chi connectivity index (χ0) is 15.6. The molecule has 0 atom stereocenters. The van der Waals surface area contributed by atoms with Crippen molar-refractivity contribution in [2.45, 2.75) is 20.3 Å². The molecule has 4 nitrogen and oxygen atoms in total. The van der Waals surface area contributed by atoms with Gasteiger partial charge in [-0.05, 0) is 44.0 Å². The Morgan fingerprint density at radius 1 is 1.33 bits per heavy atom. The molecule has 0 radical (unpaired) electrons. The molecule has 1 amide bonds. The Kier molecular flexibility index (Phi) is 4.91. The van der Waals surface area contributed by atoms with E-state index in [0.29, 0.717) is 22.2 Å². The minimum Gasteiger partial charge on any atom is -0.352 e. The first-order valence-corrected chi connectivity index (χ1v) is 7.38. The van der Waals surface area contributed by atoms with Crippen LogP contribution in [0.15, 0.2) is 18.2 Å². The Hall–Kier alpha value is -1.52. The summed E-state index contributed by atoms with van der Waals surface area (Å²) in [5.41, 5.74) is 3.71. The first-order chi connectivity index (χ1) is 9.90. The molecule has 0 aliphatic carbocycles. The number of halogens is 2. The molecule has 21 heavy (non-hydrogen) atoms. The number of carbonyl (C=O) groups is 1. The van der Waals surface area contributed by atoms with E-state index in [0.717, 1.165) is 17.8 Å². The summed E-state index contributed by atoms with van der Waals surface area (Å²) in [5, 5.41) is 8.09. The number of benzene rings is 1. The Balaban J connectivity index is 1.98. The molecule has 0 saturated carbocycles. The Labute approximate surface area is 134 Å². The Morgan fingerprint density at radius 2 is 2.05 bits per heavy atom. The predicted molar refractivity (Wildman–Crippen MR) is 85.2 cm³/mol. The van der Waals surface area contributed by atoms with Crippen LogP contribution in [0.5, 0.6) is 0 Å². The first kappa shape index (κ1) is 15.9. The maximum absolute atomic E-state index is 12.1. The zero-order valence-corrected chi connectivity index (χ0v) is 13.7. The van der Waals surface area contributed by atoms with Gasteiger partial charge in [-0.2, -0.15) is 5.10 Å². The van der Waals surface area contributed by atoms with Crippen LogP contribution in [0.1, 0.15) is 27.3 Å². The molecule has 1 aromatic heterocycles. The summed E-state index contributed by atoms with van der Waals surface area (Å²) < 4.78 is 1.85. The van der Waals surface area contributed by atoms with Crippen LogP contribution in [0.3, 0.4) is 0 Å². The highest BCUT2D eigenvalue weighted by molar-refractivity contribution is 6.36. The van der Waals surface area contributed by atoms with Gasteiger partial charge in [0, 0.05) is 24.3 Å². The molecule has 0 unspecified atom stereocenters. The average molecular weight is 326 g/mol. The molecule has 0 spiro atoms. The Bertz CT molecular complexity index is 680. The van der Waals surface area contributed by atoms with E-state index in [9.17, 15) is 4.79 Å². The molecule has 1 heterocycles. The van der Waals surface area contributed by atoms with E-state index in [2.05, 4.69) is 10.4 Å². The van der Waals surface area contributed by atoms with E-state index < -0.39 is 0 Å². The third kappa shape index (κ3) is 3.57. The minimum absolute atomic E-state index is 0.198. The second-order valence-electron chi connectivity index (χ2n) is 4.90. The number of rotatable bonds is 4. The molecule has 0 aliphatic heterocycles. The van der Waals surface area contributed by atoms with E-state index in [1.54, 1.807) is 18.2 Å². The Morgan fingerprint density at radius 3 is 2.62 bits per heavy atom. The van der Waals surface area contributed by atoms with E-state index in [1.165, 1.54) is 5.56 Å². The largest absolute Gasteiger partial charge is 0.352 e. The fraction of sp³-hybridized carbons (Fsp3) is 0.333. The number of carbonyl (C=O) groups excluding carboxylic acids is 1. The van der Waals surface area contributed by atoms with Crippen molar-refractivity contribution in [1.82, 2.24) is 15.1 Å². The van der Waals surface area contributed by atoms with Gasteiger partial charge in [-0.15, -0.1) is 0 Å². The van der Waals surface area contributed by atoms with Gasteiger partial charge in [-0.25, -0.2) is 0 Å². The summed E-state index contributed by atoms with van der Waals surface area (Å²) in [7, 11) is 1.91. The molecule has 1 aromatic carbocycles. The molecule has 6 heteroatoms. The van der Waals surface area contributed by atoms with Gasteiger partial charge < -0.3 is 5.32 Å². The van der Waals surface area contributed by atoms with E-state index >= 15 is 0 Å². The molecule has 112 valence electrons. The summed E-state index contributed by atoms with van der Waals surface area (Å²) in [5.74, 6) is -0.198. The maximum Gasteiger partial charge on any atom is 0.252 e. The standard InChI is InChI=1S/C15H17Cl2N3O/c1-9-12(10(2)20(3)19-9)6-7-18-15(21)13-5-4-11(16)8-14(13)17/h4-5,8H,6-7H2,1-3H3,(H,18,21). The SMILES string of the molecule is Cc1nn(C)c(C)c1CCNC(=O)c1ccc(Cl)cc1Cl. The van der Waals surface area contributed by atoms with Gasteiger partial charge in [0.25, 0.3) is 5.91 Å². The molecule has 0 fully saturated rings. The smallest absolute Gasteiger partial charge is 0.252 e. The lowest BCUT2D eigenvalue weighted by atomic mass is 10.1. The van der Waals surface area contributed by atoms with Gasteiger partial charge in [0.15, 0.2) is 0 Å². The minimum atomic E-state index is -0.198. The van der Waals surface area contributed by atoms with Crippen LogP contribution in [-0.4, -0.2) is 22.2 Å². The highest BCUT2D eigenvalue weighted by atomic mass is 35.5. The molecule has 2 rings (SSSR count). The second kappa shape index (κ2) is 6.50. The molecule has 2 aromatic rings. The van der Waals surface area contributed by atoms with E-state index in [1.807, 2.05) is 25.6 Å². The number of amides is 1. The molecule has 0 bridgehead atoms. The summed E-state index contributed by atoms with van der Waals surface area (Å²) in [6, 6.07) is 4.84. The number of aryl methyl sites for hydroxylation is 2. The molecule has 0 saturated heterocycles. The van der Waals surface area contributed by atoms with Crippen molar-refractivity contribution in [3.63, 3.8) is 0 Å². The third-order valence-corrected chi connectivity index (χ3v) is 4.04. The van der Waals surface area contributed by atoms with Crippen LogP contribution in [0.4, 0.5) is 0 Å². The van der Waals surface area contributed by atoms with Crippen LogP contribution in [0.2, 0.25) is 10.0 Å². The highest BCUT2D eigenvalue weighted by Crippen LogP contribution is 2.20. The van der Waals surface area contributed by atoms with Gasteiger partial charge in [0.1, 0.15) is 0 Å². The van der Waals surface area contributed by atoms with Crippen LogP contribution in [0, 0.1) is 13.8 Å². The fourth-order valence-corrected chi connectivity index (χ4v) is 2.74. The average Bonchev–Trinajstić information content (AvgIpc) is 2.64. The first-order valence-electron chi connectivity index (χ1n) is 6.62. The normalized spacial score (nSPS) is 10.7. The molecular formula is C15H17Cl2N3O. The second-order valence-corrected chi connectivity index (χ2v) is 5.75. The van der Waals surface area contributed by atoms with E-state index in [4.69, 9.17) is 23.2 Å². The number of hydrogen-bond donors (Lipinski definition) is 1. The summed E-state index contributed by atoms with van der Waals surface area (Å²) >= 11 is 11.8. The lowest BCUT2D eigenvalue weighted by Gasteiger charge is -2.07. The molecular weight excluding hydrogens is 309 g/mol. The summed E-state index contributed by atoms with van der Waals surface area (Å²) in [4.78, 5) is 12.1. The lowest BCUT2D eigenvalue weighted by molar-refractivity contribution is 0.0954. The van der Waals surface area contributed by atoms with Crippen LogP contribution in [-0.2, 0) is 13.5 Å². The van der Waals surface area contributed by atoms with Crippen LogP contribution in [0.25, 0.3) is 0 Å². The lowest BCUT2D eigenvalue weighted by Crippen LogP contribution is -2.26. The number of nitrogens with one attached hydrogen (secondary N) is 1. The van der Waals surface area contributed by atoms with Crippen molar-refractivity contribution < 1.29 is 4.79 Å². The maximum atomic E-state index is 12.1. The number of hydrogen-bond acceptors (Lipinski definition) is 2. The van der Waals surface area contributed by atoms with Crippen molar-refractivity contribution in [2.75, 3.05) is 6.54 Å². The number of aromatic nitrogens is 2. The van der Waals surface area contributed by atoms with Crippen molar-refractivity contribution in [3.8, 4) is 0 Å². The van der Waals surface area contributed by atoms with Gasteiger partial charge >= 0.3 is 0 Å². The van der Waals surface area contributed by atoms with Crippen molar-refractivity contribution >= 4 is 29.1 Å². The fourth-order valence-electron chi connectivity index (χ4n) is 2.25. The summed E-state index contributed by atoms with van der Waals surface area (Å²) in [6.45, 7) is 4.53. The van der Waals surface area contributed by atoms with Crippen LogP contribution < -0.4 is 5.32 Å². The van der Waals surface area contributed by atoms with Crippen molar-refractivity contribution in [3.05, 3.63) is 50.8 Å². The molecule has 0 aliphatic rings. The third-order valence-electron chi connectivity index (χ3n) is 3.50. The predicted octanol–water partition coefficient (Wildman–Crippen LogP) is 3.32.